The largest absolute Gasteiger partial charge is 0.352 e. The number of piperidine rings is 1. The van der Waals surface area contributed by atoms with Crippen LogP contribution in [0.5, 0.6) is 0 Å². The molecule has 26 heavy (non-hydrogen) atoms. The summed E-state index contributed by atoms with van der Waals surface area (Å²) in [4.78, 5) is 40.4. The van der Waals surface area contributed by atoms with Crippen molar-refractivity contribution in [2.45, 2.75) is 45.1 Å². The van der Waals surface area contributed by atoms with Crippen LogP contribution in [0.4, 0.5) is 5.69 Å². The summed E-state index contributed by atoms with van der Waals surface area (Å²) in [5.74, 6) is -0.0981. The van der Waals surface area contributed by atoms with E-state index < -0.39 is 0 Å². The molecule has 3 rings (SSSR count). The standard InChI is InChI=1S/C19H24ClN3O3/c1-2-17(24)21-14-5-3-9-22(12-14)19(26)15-8-7-13(20)11-16(15)23-10-4-6-18(23)25/h7-8,11,14H,2-6,9-10,12H2,1H3,(H,21,24). The molecular weight excluding hydrogens is 354 g/mol. The van der Waals surface area contributed by atoms with Crippen LogP contribution in [0.3, 0.4) is 0 Å². The van der Waals surface area contributed by atoms with Gasteiger partial charge in [-0.1, -0.05) is 18.5 Å². The van der Waals surface area contributed by atoms with Crippen LogP contribution in [-0.4, -0.2) is 48.3 Å². The molecule has 7 heteroatoms. The Kier molecular flexibility index (Phi) is 5.81. The fourth-order valence-electron chi connectivity index (χ4n) is 3.59. The van der Waals surface area contributed by atoms with E-state index >= 15 is 0 Å². The zero-order chi connectivity index (χ0) is 18.7. The number of halogens is 1. The molecule has 3 amide bonds. The molecule has 0 aromatic heterocycles. The molecular formula is C19H24ClN3O3. The van der Waals surface area contributed by atoms with Gasteiger partial charge in [-0.2, -0.15) is 0 Å². The lowest BCUT2D eigenvalue weighted by Crippen LogP contribution is -2.49. The average Bonchev–Trinajstić information content (AvgIpc) is 3.07. The summed E-state index contributed by atoms with van der Waals surface area (Å²) in [6, 6.07) is 5.04. The number of benzene rings is 1. The maximum Gasteiger partial charge on any atom is 0.256 e. The Bertz CT molecular complexity index is 722. The van der Waals surface area contributed by atoms with Gasteiger partial charge in [-0.15, -0.1) is 0 Å². The summed E-state index contributed by atoms with van der Waals surface area (Å²) in [6.07, 6.45) is 3.42. The third-order valence-corrected chi connectivity index (χ3v) is 5.18. The summed E-state index contributed by atoms with van der Waals surface area (Å²) in [5, 5.41) is 3.48. The fraction of sp³-hybridized carbons (Fsp3) is 0.526. The first-order valence-corrected chi connectivity index (χ1v) is 9.56. The van der Waals surface area contributed by atoms with Crippen molar-refractivity contribution in [2.75, 3.05) is 24.5 Å². The lowest BCUT2D eigenvalue weighted by molar-refractivity contribution is -0.121. The number of likely N-dealkylation sites (tertiary alicyclic amines) is 1. The first-order valence-electron chi connectivity index (χ1n) is 9.18. The lowest BCUT2D eigenvalue weighted by Gasteiger charge is -2.34. The van der Waals surface area contributed by atoms with Crippen molar-refractivity contribution in [2.24, 2.45) is 0 Å². The van der Waals surface area contributed by atoms with Crippen molar-refractivity contribution >= 4 is 35.0 Å². The van der Waals surface area contributed by atoms with Gasteiger partial charge in [0, 0.05) is 43.5 Å². The molecule has 1 atom stereocenters. The molecule has 6 nitrogen and oxygen atoms in total. The Morgan fingerprint density at radius 3 is 2.77 bits per heavy atom. The normalized spacial score (nSPS) is 20.4. The zero-order valence-electron chi connectivity index (χ0n) is 15.0. The van der Waals surface area contributed by atoms with Crippen molar-refractivity contribution in [1.82, 2.24) is 10.2 Å². The monoisotopic (exact) mass is 377 g/mol. The Morgan fingerprint density at radius 2 is 2.08 bits per heavy atom. The molecule has 2 aliphatic heterocycles. The Labute approximate surface area is 158 Å². The summed E-state index contributed by atoms with van der Waals surface area (Å²) >= 11 is 6.12. The number of hydrogen-bond acceptors (Lipinski definition) is 3. The maximum atomic E-state index is 13.1. The van der Waals surface area contributed by atoms with Gasteiger partial charge < -0.3 is 15.1 Å². The molecule has 1 N–H and O–H groups in total. The summed E-state index contributed by atoms with van der Waals surface area (Å²) < 4.78 is 0. The number of nitrogens with zero attached hydrogens (tertiary/aromatic N) is 2. The van der Waals surface area contributed by atoms with Gasteiger partial charge in [0.2, 0.25) is 11.8 Å². The molecule has 1 aromatic carbocycles. The smallest absolute Gasteiger partial charge is 0.256 e. The van der Waals surface area contributed by atoms with E-state index in [9.17, 15) is 14.4 Å². The molecule has 1 unspecified atom stereocenters. The van der Waals surface area contributed by atoms with E-state index in [-0.39, 0.29) is 23.8 Å². The van der Waals surface area contributed by atoms with Gasteiger partial charge in [-0.25, -0.2) is 0 Å². The highest BCUT2D eigenvalue weighted by Crippen LogP contribution is 2.30. The molecule has 1 aromatic rings. The first kappa shape index (κ1) is 18.7. The molecule has 140 valence electrons. The Hall–Kier alpha value is -2.08. The van der Waals surface area contributed by atoms with Crippen LogP contribution < -0.4 is 10.2 Å². The second kappa shape index (κ2) is 8.08. The SMILES string of the molecule is CCC(=O)NC1CCCN(C(=O)c2ccc(Cl)cc2N2CCCC2=O)C1. The van der Waals surface area contributed by atoms with Crippen LogP contribution in [0.2, 0.25) is 5.02 Å². The number of amides is 3. The predicted octanol–water partition coefficient (Wildman–Crippen LogP) is 2.60. The predicted molar refractivity (Wildman–Crippen MR) is 100 cm³/mol. The van der Waals surface area contributed by atoms with Gasteiger partial charge in [0.25, 0.3) is 5.91 Å². The van der Waals surface area contributed by atoms with Crippen molar-refractivity contribution in [3.63, 3.8) is 0 Å². The molecule has 0 spiro atoms. The topological polar surface area (TPSA) is 69.7 Å². The van der Waals surface area contributed by atoms with E-state index in [1.165, 1.54) is 0 Å². The van der Waals surface area contributed by atoms with Crippen molar-refractivity contribution in [1.29, 1.82) is 0 Å². The van der Waals surface area contributed by atoms with Gasteiger partial charge in [0.05, 0.1) is 11.3 Å². The molecule has 2 aliphatic rings. The molecule has 0 bridgehead atoms. The second-order valence-corrected chi connectivity index (χ2v) is 7.26. The molecule has 0 radical (unpaired) electrons. The highest BCUT2D eigenvalue weighted by Gasteiger charge is 2.30. The lowest BCUT2D eigenvalue weighted by atomic mass is 10.0. The van der Waals surface area contributed by atoms with Crippen molar-refractivity contribution in [3.8, 4) is 0 Å². The quantitative estimate of drug-likeness (QED) is 0.876. The number of rotatable bonds is 4. The van der Waals surface area contributed by atoms with Gasteiger partial charge in [-0.05, 0) is 37.5 Å². The second-order valence-electron chi connectivity index (χ2n) is 6.82. The maximum absolute atomic E-state index is 13.1. The number of hydrogen-bond donors (Lipinski definition) is 1. The van der Waals surface area contributed by atoms with E-state index in [1.54, 1.807) is 28.0 Å². The number of nitrogens with one attached hydrogen (secondary N) is 1. The molecule has 0 aliphatic carbocycles. The van der Waals surface area contributed by atoms with Crippen molar-refractivity contribution < 1.29 is 14.4 Å². The van der Waals surface area contributed by atoms with Crippen molar-refractivity contribution in [3.05, 3.63) is 28.8 Å². The van der Waals surface area contributed by atoms with Crippen LogP contribution in [-0.2, 0) is 9.59 Å². The molecule has 2 fully saturated rings. The minimum absolute atomic E-state index is 0.000792. The van der Waals surface area contributed by atoms with Gasteiger partial charge in [0.1, 0.15) is 0 Å². The highest BCUT2D eigenvalue weighted by molar-refractivity contribution is 6.31. The average molecular weight is 378 g/mol. The summed E-state index contributed by atoms with van der Waals surface area (Å²) in [7, 11) is 0. The minimum Gasteiger partial charge on any atom is -0.352 e. The van der Waals surface area contributed by atoms with Crippen LogP contribution >= 0.6 is 11.6 Å². The summed E-state index contributed by atoms with van der Waals surface area (Å²) in [6.45, 7) is 3.55. The van der Waals surface area contributed by atoms with Crippen LogP contribution in [0.1, 0.15) is 49.4 Å². The van der Waals surface area contributed by atoms with Gasteiger partial charge in [-0.3, -0.25) is 14.4 Å². The van der Waals surface area contributed by atoms with Gasteiger partial charge in [0.15, 0.2) is 0 Å². The number of carbonyl (C=O) groups is 3. The minimum atomic E-state index is -0.119. The van der Waals surface area contributed by atoms with E-state index in [0.717, 1.165) is 19.3 Å². The first-order chi connectivity index (χ1) is 12.5. The molecule has 2 saturated heterocycles. The molecule has 0 saturated carbocycles. The van der Waals surface area contributed by atoms with Crippen LogP contribution in [0.15, 0.2) is 18.2 Å². The number of carbonyl (C=O) groups excluding carboxylic acids is 3. The van der Waals surface area contributed by atoms with Gasteiger partial charge >= 0.3 is 0 Å². The Morgan fingerprint density at radius 1 is 1.27 bits per heavy atom. The molecule has 2 heterocycles. The van der Waals surface area contributed by atoms with E-state index in [4.69, 9.17) is 11.6 Å². The summed E-state index contributed by atoms with van der Waals surface area (Å²) in [5.41, 5.74) is 1.08. The Balaban J connectivity index is 1.81. The number of anilines is 1. The fourth-order valence-corrected chi connectivity index (χ4v) is 3.76. The third kappa shape index (κ3) is 4.01. The van der Waals surface area contributed by atoms with Crippen LogP contribution in [0.25, 0.3) is 0 Å². The highest BCUT2D eigenvalue weighted by atomic mass is 35.5. The van der Waals surface area contributed by atoms with E-state index in [0.29, 0.717) is 48.7 Å². The zero-order valence-corrected chi connectivity index (χ0v) is 15.7. The van der Waals surface area contributed by atoms with E-state index in [2.05, 4.69) is 5.32 Å². The van der Waals surface area contributed by atoms with E-state index in [1.807, 2.05) is 6.92 Å². The van der Waals surface area contributed by atoms with Crippen LogP contribution in [0, 0.1) is 0 Å². The third-order valence-electron chi connectivity index (χ3n) is 4.95.